The number of aryl methyl sites for hydroxylation is 1. The lowest BCUT2D eigenvalue weighted by Gasteiger charge is -2.15. The van der Waals surface area contributed by atoms with E-state index in [1.54, 1.807) is 0 Å². The van der Waals surface area contributed by atoms with E-state index in [9.17, 15) is 23.5 Å². The van der Waals surface area contributed by atoms with Crippen LogP contribution in [-0.2, 0) is 6.61 Å². The van der Waals surface area contributed by atoms with E-state index in [-0.39, 0.29) is 34.7 Å². The quantitative estimate of drug-likeness (QED) is 0.657. The molecular formula is C19H17ClF2N4O4. The molecule has 0 amide bonds. The van der Waals surface area contributed by atoms with Crippen LogP contribution in [0, 0.1) is 18.6 Å². The van der Waals surface area contributed by atoms with Gasteiger partial charge in [0, 0.05) is 11.6 Å². The number of carbonyl (C=O) groups excluding carboxylic acids is 1. The van der Waals surface area contributed by atoms with Crippen LogP contribution in [0.5, 0.6) is 5.88 Å². The summed E-state index contributed by atoms with van der Waals surface area (Å²) in [5.74, 6) is -2.22. The molecule has 3 aromatic rings. The zero-order chi connectivity index (χ0) is 22.2. The number of aliphatic hydroxyl groups is 1. The van der Waals surface area contributed by atoms with E-state index in [2.05, 4.69) is 9.97 Å². The van der Waals surface area contributed by atoms with Gasteiger partial charge in [0.05, 0.1) is 6.20 Å². The highest BCUT2D eigenvalue weighted by Crippen LogP contribution is 2.21. The Kier molecular flexibility index (Phi) is 5.73. The number of benzene rings is 1. The van der Waals surface area contributed by atoms with E-state index in [0.717, 1.165) is 21.5 Å². The first-order chi connectivity index (χ1) is 14.0. The van der Waals surface area contributed by atoms with Crippen LogP contribution in [0.25, 0.3) is 5.82 Å². The summed E-state index contributed by atoms with van der Waals surface area (Å²) in [6, 6.07) is 2.99. The predicted molar refractivity (Wildman–Crippen MR) is 103 cm³/mol. The molecule has 0 saturated carbocycles. The molecular weight excluding hydrogens is 422 g/mol. The van der Waals surface area contributed by atoms with Gasteiger partial charge in [0.1, 0.15) is 36.0 Å². The van der Waals surface area contributed by atoms with Crippen molar-refractivity contribution in [2.24, 2.45) is 0 Å². The Hall–Kier alpha value is -3.11. The third-order valence-electron chi connectivity index (χ3n) is 4.10. The second kappa shape index (κ2) is 7.96. The van der Waals surface area contributed by atoms with E-state index >= 15 is 0 Å². The zero-order valence-electron chi connectivity index (χ0n) is 16.2. The maximum atomic E-state index is 13.8. The normalized spacial score (nSPS) is 11.6. The molecule has 158 valence electrons. The Labute approximate surface area is 174 Å². The van der Waals surface area contributed by atoms with Crippen molar-refractivity contribution in [1.82, 2.24) is 19.1 Å². The first-order valence-electron chi connectivity index (χ1n) is 8.66. The lowest BCUT2D eigenvalue weighted by molar-refractivity contribution is 0.0391. The van der Waals surface area contributed by atoms with Crippen molar-refractivity contribution in [3.63, 3.8) is 0 Å². The SMILES string of the molecule is Cc1nc(OCc2ccc(F)cc2F)c(Cl)c(=O)n1-c1cn(C(=O)C(C)(C)O)cn1. The first-order valence-corrected chi connectivity index (χ1v) is 9.04. The maximum Gasteiger partial charge on any atom is 0.282 e. The molecule has 2 heterocycles. The van der Waals surface area contributed by atoms with Gasteiger partial charge >= 0.3 is 0 Å². The molecule has 30 heavy (non-hydrogen) atoms. The summed E-state index contributed by atoms with van der Waals surface area (Å²) in [7, 11) is 0. The molecule has 3 rings (SSSR count). The molecule has 0 aliphatic heterocycles. The van der Waals surface area contributed by atoms with Crippen molar-refractivity contribution in [2.45, 2.75) is 33.0 Å². The van der Waals surface area contributed by atoms with Crippen molar-refractivity contribution >= 4 is 17.5 Å². The zero-order valence-corrected chi connectivity index (χ0v) is 16.9. The van der Waals surface area contributed by atoms with Crippen LogP contribution in [0.4, 0.5) is 8.78 Å². The van der Waals surface area contributed by atoms with Gasteiger partial charge in [-0.25, -0.2) is 18.3 Å². The molecule has 0 aliphatic carbocycles. The molecule has 0 aliphatic rings. The Morgan fingerprint density at radius 3 is 2.67 bits per heavy atom. The van der Waals surface area contributed by atoms with Crippen molar-refractivity contribution in [2.75, 3.05) is 0 Å². The van der Waals surface area contributed by atoms with E-state index in [1.165, 1.54) is 33.0 Å². The molecule has 1 aromatic carbocycles. The number of imidazole rings is 1. The maximum absolute atomic E-state index is 13.8. The molecule has 0 saturated heterocycles. The number of aromatic nitrogens is 4. The van der Waals surface area contributed by atoms with Crippen molar-refractivity contribution in [1.29, 1.82) is 0 Å². The second-order valence-corrected chi connectivity index (χ2v) is 7.32. The fourth-order valence-corrected chi connectivity index (χ4v) is 2.77. The van der Waals surface area contributed by atoms with E-state index in [4.69, 9.17) is 16.3 Å². The third kappa shape index (κ3) is 4.24. The van der Waals surface area contributed by atoms with Gasteiger partial charge in [-0.05, 0) is 32.9 Å². The molecule has 11 heteroatoms. The molecule has 0 fully saturated rings. The number of nitrogens with zero attached hydrogens (tertiary/aromatic N) is 4. The summed E-state index contributed by atoms with van der Waals surface area (Å²) >= 11 is 6.08. The fourth-order valence-electron chi connectivity index (χ4n) is 2.59. The highest BCUT2D eigenvalue weighted by Gasteiger charge is 2.26. The minimum absolute atomic E-state index is 0.0555. The standard InChI is InChI=1S/C19H17ClF2N4O4/c1-10-24-16(30-8-11-4-5-12(21)6-13(11)22)15(20)17(27)26(10)14-7-25(9-23-14)18(28)19(2,3)29/h4-7,9,29H,8H2,1-3H3. The lowest BCUT2D eigenvalue weighted by Crippen LogP contribution is -2.35. The number of rotatable bonds is 5. The van der Waals surface area contributed by atoms with Gasteiger partial charge in [0.15, 0.2) is 10.8 Å². The number of hydrogen-bond acceptors (Lipinski definition) is 6. The summed E-state index contributed by atoms with van der Waals surface area (Å²) in [5, 5.41) is 9.45. The van der Waals surface area contributed by atoms with Crippen LogP contribution < -0.4 is 10.3 Å². The number of ether oxygens (including phenoxy) is 1. The molecule has 8 nitrogen and oxygen atoms in total. The molecule has 0 bridgehead atoms. The third-order valence-corrected chi connectivity index (χ3v) is 4.42. The topological polar surface area (TPSA) is 99.2 Å². The second-order valence-electron chi connectivity index (χ2n) is 6.95. The summed E-state index contributed by atoms with van der Waals surface area (Å²) < 4.78 is 34.2. The van der Waals surface area contributed by atoms with Gasteiger partial charge in [-0.3, -0.25) is 14.2 Å². The Balaban J connectivity index is 1.91. The van der Waals surface area contributed by atoms with Crippen molar-refractivity contribution in [3.8, 4) is 11.7 Å². The lowest BCUT2D eigenvalue weighted by atomic mass is 10.1. The van der Waals surface area contributed by atoms with Crippen molar-refractivity contribution < 1.29 is 23.4 Å². The molecule has 1 N–H and O–H groups in total. The highest BCUT2D eigenvalue weighted by molar-refractivity contribution is 6.31. The minimum Gasteiger partial charge on any atom is -0.471 e. The molecule has 0 spiro atoms. The Bertz CT molecular complexity index is 1180. The smallest absolute Gasteiger partial charge is 0.282 e. The van der Waals surface area contributed by atoms with Gasteiger partial charge in [-0.1, -0.05) is 11.6 Å². The summed E-state index contributed by atoms with van der Waals surface area (Å²) in [6.45, 7) is 3.80. The Morgan fingerprint density at radius 1 is 1.33 bits per heavy atom. The van der Waals surface area contributed by atoms with Gasteiger partial charge in [0.25, 0.3) is 11.5 Å². The first kappa shape index (κ1) is 21.6. The monoisotopic (exact) mass is 438 g/mol. The van der Waals surface area contributed by atoms with Crippen LogP contribution in [0.3, 0.4) is 0 Å². The molecule has 2 aromatic heterocycles. The summed E-state index contributed by atoms with van der Waals surface area (Å²) in [6.07, 6.45) is 2.40. The largest absolute Gasteiger partial charge is 0.471 e. The highest BCUT2D eigenvalue weighted by atomic mass is 35.5. The average molecular weight is 439 g/mol. The van der Waals surface area contributed by atoms with Gasteiger partial charge in [0.2, 0.25) is 5.88 Å². The van der Waals surface area contributed by atoms with Gasteiger partial charge in [-0.15, -0.1) is 0 Å². The van der Waals surface area contributed by atoms with Crippen LogP contribution in [0.2, 0.25) is 5.02 Å². The van der Waals surface area contributed by atoms with Crippen LogP contribution in [0.15, 0.2) is 35.5 Å². The molecule has 0 unspecified atom stereocenters. The number of halogens is 3. The fraction of sp³-hybridized carbons (Fsp3) is 0.263. The van der Waals surface area contributed by atoms with E-state index < -0.39 is 28.7 Å². The predicted octanol–water partition coefficient (Wildman–Crippen LogP) is 2.66. The Morgan fingerprint density at radius 2 is 2.03 bits per heavy atom. The van der Waals surface area contributed by atoms with Crippen LogP contribution in [0.1, 0.15) is 30.0 Å². The molecule has 0 atom stereocenters. The summed E-state index contributed by atoms with van der Waals surface area (Å²) in [4.78, 5) is 33.0. The van der Waals surface area contributed by atoms with Gasteiger partial charge in [-0.2, -0.15) is 4.98 Å². The van der Waals surface area contributed by atoms with Crippen LogP contribution >= 0.6 is 11.6 Å². The summed E-state index contributed by atoms with van der Waals surface area (Å²) in [5.41, 5.74) is -2.30. The van der Waals surface area contributed by atoms with Crippen molar-refractivity contribution in [3.05, 3.63) is 69.1 Å². The number of carbonyl (C=O) groups is 1. The number of hydrogen-bond donors (Lipinski definition) is 1. The van der Waals surface area contributed by atoms with E-state index in [1.807, 2.05) is 0 Å². The van der Waals surface area contributed by atoms with E-state index in [0.29, 0.717) is 6.07 Å². The minimum atomic E-state index is -1.64. The van der Waals surface area contributed by atoms with Gasteiger partial charge < -0.3 is 9.84 Å². The van der Waals surface area contributed by atoms with Crippen LogP contribution in [-0.4, -0.2) is 35.7 Å². The molecule has 0 radical (unpaired) electrons. The average Bonchev–Trinajstić information content (AvgIpc) is 3.12.